The first-order chi connectivity index (χ1) is 12.9. The van der Waals surface area contributed by atoms with E-state index in [9.17, 15) is 18.0 Å². The number of hydrogen-bond acceptors (Lipinski definition) is 6. The molecule has 2 N–H and O–H groups in total. The van der Waals surface area contributed by atoms with E-state index in [0.29, 0.717) is 5.13 Å². The van der Waals surface area contributed by atoms with Gasteiger partial charge in [-0.25, -0.2) is 17.7 Å². The van der Waals surface area contributed by atoms with Gasteiger partial charge in [0.2, 0.25) is 15.9 Å². The monoisotopic (exact) mass is 424 g/mol. The molecule has 0 radical (unpaired) electrons. The third-order valence-electron chi connectivity index (χ3n) is 3.80. The topological polar surface area (TPSA) is 108 Å². The van der Waals surface area contributed by atoms with Crippen molar-refractivity contribution in [2.75, 3.05) is 26.0 Å². The summed E-state index contributed by atoms with van der Waals surface area (Å²) >= 11 is 1.32. The van der Waals surface area contributed by atoms with Gasteiger partial charge < -0.3 is 10.6 Å². The summed E-state index contributed by atoms with van der Waals surface area (Å²) in [6, 6.07) is 5.65. The minimum Gasteiger partial charge on any atom is -0.343 e. The molecule has 0 fully saturated rings. The zero-order valence-corrected chi connectivity index (χ0v) is 18.1. The van der Waals surface area contributed by atoms with Crippen LogP contribution in [-0.4, -0.2) is 50.2 Å². The van der Waals surface area contributed by atoms with Crippen LogP contribution in [0.3, 0.4) is 0 Å². The number of aromatic nitrogens is 1. The first kappa shape index (κ1) is 22.0. The van der Waals surface area contributed by atoms with Crippen molar-refractivity contribution in [3.8, 4) is 0 Å². The van der Waals surface area contributed by atoms with E-state index >= 15 is 0 Å². The summed E-state index contributed by atoms with van der Waals surface area (Å²) in [6.45, 7) is 5.82. The Morgan fingerprint density at radius 3 is 2.46 bits per heavy atom. The first-order valence-corrected chi connectivity index (χ1v) is 10.8. The molecule has 1 aromatic carbocycles. The van der Waals surface area contributed by atoms with Gasteiger partial charge in [-0.05, 0) is 18.2 Å². The molecule has 0 unspecified atom stereocenters. The van der Waals surface area contributed by atoms with Crippen LogP contribution >= 0.6 is 11.3 Å². The van der Waals surface area contributed by atoms with Gasteiger partial charge in [-0.1, -0.05) is 26.8 Å². The molecule has 0 aliphatic rings. The van der Waals surface area contributed by atoms with Crippen molar-refractivity contribution in [1.82, 2.24) is 14.6 Å². The lowest BCUT2D eigenvalue weighted by Gasteiger charge is -2.14. The Kier molecular flexibility index (Phi) is 6.58. The van der Waals surface area contributed by atoms with E-state index in [1.165, 1.54) is 49.7 Å². The molecule has 10 heteroatoms. The largest absolute Gasteiger partial charge is 0.343 e. The molecule has 0 aliphatic heterocycles. The molecule has 0 aliphatic carbocycles. The zero-order chi connectivity index (χ0) is 21.1. The number of nitrogens with zero attached hydrogens (tertiary/aromatic N) is 2. The van der Waals surface area contributed by atoms with Crippen LogP contribution in [0.2, 0.25) is 0 Å². The van der Waals surface area contributed by atoms with E-state index in [2.05, 4.69) is 15.6 Å². The third-order valence-corrected chi connectivity index (χ3v) is 6.37. The van der Waals surface area contributed by atoms with Crippen molar-refractivity contribution in [3.63, 3.8) is 0 Å². The highest BCUT2D eigenvalue weighted by Crippen LogP contribution is 2.26. The number of rotatable bonds is 6. The SMILES string of the molecule is CN(C)S(=O)(=O)c1cccc(C(=O)NCC(=O)Nc2nc(C(C)(C)C)cs2)c1. The number of nitrogens with one attached hydrogen (secondary N) is 2. The van der Waals surface area contributed by atoms with Crippen molar-refractivity contribution in [2.24, 2.45) is 0 Å². The van der Waals surface area contributed by atoms with Gasteiger partial charge >= 0.3 is 0 Å². The molecule has 2 aromatic rings. The van der Waals surface area contributed by atoms with Crippen LogP contribution in [0.5, 0.6) is 0 Å². The minimum absolute atomic E-state index is 0.00657. The van der Waals surface area contributed by atoms with E-state index in [1.807, 2.05) is 26.2 Å². The van der Waals surface area contributed by atoms with Gasteiger partial charge in [0, 0.05) is 30.5 Å². The average Bonchev–Trinajstić information content (AvgIpc) is 3.08. The second-order valence-corrected chi connectivity index (χ2v) is 10.3. The third kappa shape index (κ3) is 5.37. The van der Waals surface area contributed by atoms with Crippen LogP contribution in [0.15, 0.2) is 34.5 Å². The van der Waals surface area contributed by atoms with Crippen molar-refractivity contribution in [2.45, 2.75) is 31.1 Å². The molecule has 28 heavy (non-hydrogen) atoms. The molecule has 2 rings (SSSR count). The summed E-state index contributed by atoms with van der Waals surface area (Å²) in [7, 11) is -0.822. The highest BCUT2D eigenvalue weighted by Gasteiger charge is 2.20. The Bertz CT molecular complexity index is 975. The van der Waals surface area contributed by atoms with E-state index in [0.717, 1.165) is 10.00 Å². The number of thiazole rings is 1. The standard InChI is InChI=1S/C18H24N4O4S2/c1-18(2,3)14-11-27-17(20-14)21-15(23)10-19-16(24)12-7-6-8-13(9-12)28(25,26)22(4)5/h6-9,11H,10H2,1-5H3,(H,19,24)(H,20,21,23). The van der Waals surface area contributed by atoms with Gasteiger partial charge in [-0.15, -0.1) is 11.3 Å². The van der Waals surface area contributed by atoms with E-state index < -0.39 is 21.8 Å². The lowest BCUT2D eigenvalue weighted by molar-refractivity contribution is -0.115. The smallest absolute Gasteiger partial charge is 0.251 e. The Balaban J connectivity index is 1.99. The Hall–Kier alpha value is -2.30. The second kappa shape index (κ2) is 8.38. The minimum atomic E-state index is -3.65. The Labute approximate surface area is 169 Å². The fraction of sp³-hybridized carbons (Fsp3) is 0.389. The molecule has 0 atom stereocenters. The number of hydrogen-bond donors (Lipinski definition) is 2. The summed E-state index contributed by atoms with van der Waals surface area (Å²) < 4.78 is 25.4. The molecule has 8 nitrogen and oxygen atoms in total. The molecule has 152 valence electrons. The number of anilines is 1. The summed E-state index contributed by atoms with van der Waals surface area (Å²) in [5.74, 6) is -0.958. The first-order valence-electron chi connectivity index (χ1n) is 8.48. The molecule has 2 amide bonds. The summed E-state index contributed by atoms with van der Waals surface area (Å²) in [6.07, 6.45) is 0. The molecular weight excluding hydrogens is 400 g/mol. The predicted molar refractivity (Wildman–Crippen MR) is 109 cm³/mol. The van der Waals surface area contributed by atoms with Gasteiger partial charge in [-0.3, -0.25) is 9.59 Å². The van der Waals surface area contributed by atoms with Crippen LogP contribution in [0.1, 0.15) is 36.8 Å². The average molecular weight is 425 g/mol. The maximum absolute atomic E-state index is 12.3. The maximum atomic E-state index is 12.3. The summed E-state index contributed by atoms with van der Waals surface area (Å²) in [5, 5.41) is 7.47. The summed E-state index contributed by atoms with van der Waals surface area (Å²) in [4.78, 5) is 28.7. The predicted octanol–water partition coefficient (Wildman–Crippen LogP) is 2.06. The van der Waals surface area contributed by atoms with Gasteiger partial charge in [0.15, 0.2) is 5.13 Å². The molecule has 0 spiro atoms. The van der Waals surface area contributed by atoms with E-state index in [1.54, 1.807) is 0 Å². The van der Waals surface area contributed by atoms with Crippen LogP contribution in [-0.2, 0) is 20.2 Å². The van der Waals surface area contributed by atoms with Gasteiger partial charge in [0.25, 0.3) is 5.91 Å². The van der Waals surface area contributed by atoms with Crippen molar-refractivity contribution in [3.05, 3.63) is 40.9 Å². The zero-order valence-electron chi connectivity index (χ0n) is 16.4. The number of amides is 2. The number of sulfonamides is 1. The molecule has 1 heterocycles. The fourth-order valence-electron chi connectivity index (χ4n) is 2.11. The molecular formula is C18H24N4O4S2. The molecule has 0 saturated heterocycles. The van der Waals surface area contributed by atoms with Gasteiger partial charge in [0.1, 0.15) is 0 Å². The van der Waals surface area contributed by atoms with Crippen LogP contribution in [0.25, 0.3) is 0 Å². The molecule has 1 aromatic heterocycles. The highest BCUT2D eigenvalue weighted by molar-refractivity contribution is 7.89. The summed E-state index contributed by atoms with van der Waals surface area (Å²) in [5.41, 5.74) is 0.904. The van der Waals surface area contributed by atoms with Crippen LogP contribution in [0.4, 0.5) is 5.13 Å². The molecule has 0 saturated carbocycles. The van der Waals surface area contributed by atoms with Crippen LogP contribution in [0, 0.1) is 0 Å². The second-order valence-electron chi connectivity index (χ2n) is 7.33. The number of benzene rings is 1. The maximum Gasteiger partial charge on any atom is 0.251 e. The quantitative estimate of drug-likeness (QED) is 0.738. The van der Waals surface area contributed by atoms with Crippen molar-refractivity contribution < 1.29 is 18.0 Å². The fourth-order valence-corrected chi connectivity index (χ4v) is 4.01. The van der Waals surface area contributed by atoms with Gasteiger partial charge in [-0.2, -0.15) is 0 Å². The Morgan fingerprint density at radius 2 is 1.89 bits per heavy atom. The molecule has 0 bridgehead atoms. The lowest BCUT2D eigenvalue weighted by Crippen LogP contribution is -2.33. The van der Waals surface area contributed by atoms with Crippen LogP contribution < -0.4 is 10.6 Å². The number of carbonyl (C=O) groups is 2. The van der Waals surface area contributed by atoms with Crippen molar-refractivity contribution >= 4 is 38.3 Å². The lowest BCUT2D eigenvalue weighted by atomic mass is 9.93. The highest BCUT2D eigenvalue weighted by atomic mass is 32.2. The van der Waals surface area contributed by atoms with E-state index in [4.69, 9.17) is 0 Å². The number of carbonyl (C=O) groups excluding carboxylic acids is 2. The van der Waals surface area contributed by atoms with Gasteiger partial charge in [0.05, 0.1) is 17.1 Å². The Morgan fingerprint density at radius 1 is 1.21 bits per heavy atom. The van der Waals surface area contributed by atoms with E-state index in [-0.39, 0.29) is 22.4 Å². The normalized spacial score (nSPS) is 12.1. The van der Waals surface area contributed by atoms with Crippen molar-refractivity contribution in [1.29, 1.82) is 0 Å².